The second kappa shape index (κ2) is 5.13. The lowest BCUT2D eigenvalue weighted by Crippen LogP contribution is -2.09. The van der Waals surface area contributed by atoms with Crippen LogP contribution in [0, 0.1) is 6.92 Å². The van der Waals surface area contributed by atoms with Crippen molar-refractivity contribution in [3.05, 3.63) is 35.3 Å². The van der Waals surface area contributed by atoms with Crippen LogP contribution in [0.1, 0.15) is 23.5 Å². The molecule has 1 N–H and O–H groups in total. The van der Waals surface area contributed by atoms with Crippen LogP contribution in [0.5, 0.6) is 0 Å². The summed E-state index contributed by atoms with van der Waals surface area (Å²) in [7, 11) is 0. The van der Waals surface area contributed by atoms with Crippen LogP contribution in [0.2, 0.25) is 0 Å². The van der Waals surface area contributed by atoms with Gasteiger partial charge < -0.3 is 5.11 Å². The summed E-state index contributed by atoms with van der Waals surface area (Å²) in [6.07, 6.45) is -3.65. The summed E-state index contributed by atoms with van der Waals surface area (Å²) in [5.41, 5.74) is -0.305. The number of hydrogen-bond donors (Lipinski definition) is 1. The highest BCUT2D eigenvalue weighted by atomic mass is 19.4. The average Bonchev–Trinajstić information content (AvgIpc) is 2.34. The van der Waals surface area contributed by atoms with E-state index in [1.165, 1.54) is 6.07 Å². The van der Waals surface area contributed by atoms with Crippen LogP contribution in [0.25, 0.3) is 10.9 Å². The normalized spacial score (nSPS) is 12.1. The monoisotopic (exact) mass is 270 g/mol. The van der Waals surface area contributed by atoms with Crippen molar-refractivity contribution >= 4 is 10.9 Å². The van der Waals surface area contributed by atoms with E-state index in [1.807, 2.05) is 0 Å². The van der Waals surface area contributed by atoms with Crippen molar-refractivity contribution < 1.29 is 18.3 Å². The van der Waals surface area contributed by atoms with Gasteiger partial charge in [-0.1, -0.05) is 12.1 Å². The molecule has 1 aromatic heterocycles. The number of aliphatic hydroxyl groups is 1. The molecule has 0 bridgehead atoms. The second-order valence-corrected chi connectivity index (χ2v) is 4.25. The van der Waals surface area contributed by atoms with E-state index in [0.29, 0.717) is 29.7 Å². The summed E-state index contributed by atoms with van der Waals surface area (Å²) >= 11 is 0. The van der Waals surface area contributed by atoms with E-state index in [4.69, 9.17) is 5.11 Å². The van der Waals surface area contributed by atoms with Crippen LogP contribution in [0.3, 0.4) is 0 Å². The van der Waals surface area contributed by atoms with E-state index in [-0.39, 0.29) is 12.1 Å². The van der Waals surface area contributed by atoms with E-state index < -0.39 is 11.7 Å². The number of alkyl halides is 3. The van der Waals surface area contributed by atoms with Gasteiger partial charge in [0.05, 0.1) is 11.1 Å². The highest BCUT2D eigenvalue weighted by Crippen LogP contribution is 2.34. The third kappa shape index (κ3) is 2.84. The Morgan fingerprint density at radius 2 is 1.95 bits per heavy atom. The number of fused-ring (bicyclic) bond motifs is 1. The van der Waals surface area contributed by atoms with Gasteiger partial charge in [0.25, 0.3) is 0 Å². The fourth-order valence-electron chi connectivity index (χ4n) is 1.94. The third-order valence-corrected chi connectivity index (χ3v) is 2.83. The van der Waals surface area contributed by atoms with Gasteiger partial charge in [-0.25, -0.2) is 9.97 Å². The van der Waals surface area contributed by atoms with Crippen LogP contribution in [-0.4, -0.2) is 21.7 Å². The quantitative estimate of drug-likeness (QED) is 0.932. The first kappa shape index (κ1) is 13.7. The van der Waals surface area contributed by atoms with E-state index in [2.05, 4.69) is 9.97 Å². The maximum Gasteiger partial charge on any atom is 0.418 e. The fourth-order valence-corrected chi connectivity index (χ4v) is 1.94. The maximum atomic E-state index is 12.9. The van der Waals surface area contributed by atoms with Gasteiger partial charge in [-0.3, -0.25) is 0 Å². The van der Waals surface area contributed by atoms with Crippen molar-refractivity contribution in [2.75, 3.05) is 6.61 Å². The van der Waals surface area contributed by atoms with Crippen molar-refractivity contribution in [1.82, 2.24) is 9.97 Å². The summed E-state index contributed by atoms with van der Waals surface area (Å²) in [6, 6.07) is 3.95. The van der Waals surface area contributed by atoms with Gasteiger partial charge in [-0.2, -0.15) is 13.2 Å². The lowest BCUT2D eigenvalue weighted by Gasteiger charge is -2.11. The molecule has 0 spiro atoms. The SMILES string of the molecule is Cc1nc(CCCO)nc2c(C(F)(F)F)cccc12. The lowest BCUT2D eigenvalue weighted by atomic mass is 10.1. The summed E-state index contributed by atoms with van der Waals surface area (Å²) in [5.74, 6) is 0.329. The minimum absolute atomic E-state index is 0.0403. The molecule has 0 aliphatic carbocycles. The molecule has 0 saturated heterocycles. The molecule has 0 atom stereocenters. The zero-order valence-corrected chi connectivity index (χ0v) is 10.3. The van der Waals surface area contributed by atoms with Crippen LogP contribution < -0.4 is 0 Å². The number of benzene rings is 1. The zero-order valence-electron chi connectivity index (χ0n) is 10.3. The molecular weight excluding hydrogens is 257 g/mol. The highest BCUT2D eigenvalue weighted by molar-refractivity contribution is 5.84. The fraction of sp³-hybridized carbons (Fsp3) is 0.385. The molecule has 0 fully saturated rings. The molecule has 0 aliphatic rings. The largest absolute Gasteiger partial charge is 0.418 e. The molecule has 2 aromatic rings. The molecule has 3 nitrogen and oxygen atoms in total. The highest BCUT2D eigenvalue weighted by Gasteiger charge is 2.33. The summed E-state index contributed by atoms with van der Waals surface area (Å²) in [4.78, 5) is 8.17. The smallest absolute Gasteiger partial charge is 0.396 e. The van der Waals surface area contributed by atoms with Crippen molar-refractivity contribution in [1.29, 1.82) is 0 Å². The van der Waals surface area contributed by atoms with E-state index in [9.17, 15) is 13.2 Å². The molecule has 1 heterocycles. The van der Waals surface area contributed by atoms with Crippen LogP contribution in [-0.2, 0) is 12.6 Å². The molecule has 1 aromatic carbocycles. The first-order valence-corrected chi connectivity index (χ1v) is 5.88. The lowest BCUT2D eigenvalue weighted by molar-refractivity contribution is -0.136. The Kier molecular flexibility index (Phi) is 3.71. The Morgan fingerprint density at radius 1 is 1.21 bits per heavy atom. The first-order valence-electron chi connectivity index (χ1n) is 5.88. The number of rotatable bonds is 3. The molecule has 0 amide bonds. The first-order chi connectivity index (χ1) is 8.93. The molecular formula is C13H13F3N2O. The number of aromatic nitrogens is 2. The Morgan fingerprint density at radius 3 is 2.58 bits per heavy atom. The number of nitrogens with zero attached hydrogens (tertiary/aromatic N) is 2. The standard InChI is InChI=1S/C13H13F3N2O/c1-8-9-4-2-5-10(13(14,15)16)12(9)18-11(17-8)6-3-7-19/h2,4-5,19H,3,6-7H2,1H3. The molecule has 0 unspecified atom stereocenters. The van der Waals surface area contributed by atoms with Gasteiger partial charge in [0.1, 0.15) is 5.82 Å². The van der Waals surface area contributed by atoms with Crippen LogP contribution >= 0.6 is 0 Å². The third-order valence-electron chi connectivity index (χ3n) is 2.83. The molecule has 0 saturated carbocycles. The Hall–Kier alpha value is -1.69. The van der Waals surface area contributed by atoms with Gasteiger partial charge in [0, 0.05) is 24.1 Å². The van der Waals surface area contributed by atoms with Crippen LogP contribution in [0.4, 0.5) is 13.2 Å². The predicted molar refractivity (Wildman–Crippen MR) is 64.7 cm³/mol. The van der Waals surface area contributed by atoms with Crippen molar-refractivity contribution in [2.24, 2.45) is 0 Å². The summed E-state index contributed by atoms with van der Waals surface area (Å²) in [6.45, 7) is 1.62. The second-order valence-electron chi connectivity index (χ2n) is 4.25. The summed E-state index contributed by atoms with van der Waals surface area (Å²) in [5, 5.41) is 9.16. The molecule has 19 heavy (non-hydrogen) atoms. The molecule has 0 aliphatic heterocycles. The summed E-state index contributed by atoms with van der Waals surface area (Å²) < 4.78 is 38.8. The van der Waals surface area contributed by atoms with Gasteiger partial charge in [-0.05, 0) is 19.4 Å². The topological polar surface area (TPSA) is 46.0 Å². The number of halogens is 3. The van der Waals surface area contributed by atoms with Gasteiger partial charge in [0.15, 0.2) is 0 Å². The van der Waals surface area contributed by atoms with Crippen molar-refractivity contribution in [2.45, 2.75) is 25.9 Å². The van der Waals surface area contributed by atoms with Crippen molar-refractivity contribution in [3.8, 4) is 0 Å². The molecule has 2 rings (SSSR count). The van der Waals surface area contributed by atoms with Gasteiger partial charge >= 0.3 is 6.18 Å². The van der Waals surface area contributed by atoms with E-state index >= 15 is 0 Å². The molecule has 102 valence electrons. The zero-order chi connectivity index (χ0) is 14.0. The maximum absolute atomic E-state index is 12.9. The van der Waals surface area contributed by atoms with Crippen molar-refractivity contribution in [3.63, 3.8) is 0 Å². The Balaban J connectivity index is 2.62. The number of hydrogen-bond acceptors (Lipinski definition) is 3. The molecule has 0 radical (unpaired) electrons. The van der Waals surface area contributed by atoms with E-state index in [1.54, 1.807) is 13.0 Å². The molecule has 6 heteroatoms. The van der Waals surface area contributed by atoms with Gasteiger partial charge in [-0.15, -0.1) is 0 Å². The Labute approximate surface area is 108 Å². The van der Waals surface area contributed by atoms with E-state index in [0.717, 1.165) is 6.07 Å². The van der Waals surface area contributed by atoms with Gasteiger partial charge in [0.2, 0.25) is 0 Å². The minimum Gasteiger partial charge on any atom is -0.396 e. The number of aliphatic hydroxyl groups excluding tert-OH is 1. The Bertz CT molecular complexity index is 596. The number of para-hydroxylation sites is 1. The van der Waals surface area contributed by atoms with Crippen LogP contribution in [0.15, 0.2) is 18.2 Å². The minimum atomic E-state index is -4.44. The predicted octanol–water partition coefficient (Wildman–Crippen LogP) is 2.88. The number of aryl methyl sites for hydroxylation is 2. The average molecular weight is 270 g/mol.